The second-order valence-electron chi connectivity index (χ2n) is 3.65. The molecule has 0 aromatic heterocycles. The SMILES string of the molecule is Cc1cccc(NN=Cc2ccccc2)c1. The molecule has 0 atom stereocenters. The van der Waals surface area contributed by atoms with Crippen molar-refractivity contribution in [1.29, 1.82) is 0 Å². The third-order valence-corrected chi connectivity index (χ3v) is 2.22. The maximum Gasteiger partial charge on any atom is 0.0564 e. The fourth-order valence-corrected chi connectivity index (χ4v) is 1.44. The maximum absolute atomic E-state index is 4.18. The first-order valence-corrected chi connectivity index (χ1v) is 5.25. The van der Waals surface area contributed by atoms with Crippen molar-refractivity contribution in [3.05, 3.63) is 65.7 Å². The van der Waals surface area contributed by atoms with Gasteiger partial charge in [-0.2, -0.15) is 5.10 Å². The van der Waals surface area contributed by atoms with Crippen molar-refractivity contribution in [2.45, 2.75) is 6.92 Å². The summed E-state index contributed by atoms with van der Waals surface area (Å²) < 4.78 is 0. The van der Waals surface area contributed by atoms with Gasteiger partial charge in [0.25, 0.3) is 0 Å². The molecule has 1 N–H and O–H groups in total. The van der Waals surface area contributed by atoms with Gasteiger partial charge in [0.1, 0.15) is 0 Å². The van der Waals surface area contributed by atoms with Crippen molar-refractivity contribution in [2.75, 3.05) is 5.43 Å². The van der Waals surface area contributed by atoms with Gasteiger partial charge in [0.2, 0.25) is 0 Å². The molecule has 2 nitrogen and oxygen atoms in total. The molecular formula is C14H14N2. The molecule has 0 aliphatic carbocycles. The normalized spacial score (nSPS) is 10.6. The predicted octanol–water partition coefficient (Wildman–Crippen LogP) is 3.44. The molecule has 2 heteroatoms. The van der Waals surface area contributed by atoms with Crippen LogP contribution in [-0.2, 0) is 0 Å². The topological polar surface area (TPSA) is 24.4 Å². The minimum absolute atomic E-state index is 1.01. The lowest BCUT2D eigenvalue weighted by atomic mass is 10.2. The van der Waals surface area contributed by atoms with E-state index in [1.807, 2.05) is 48.7 Å². The molecule has 0 radical (unpaired) electrons. The fraction of sp³-hybridized carbons (Fsp3) is 0.0714. The Labute approximate surface area is 95.6 Å². The molecule has 0 spiro atoms. The fourth-order valence-electron chi connectivity index (χ4n) is 1.44. The zero-order valence-corrected chi connectivity index (χ0v) is 9.22. The Bertz CT molecular complexity index is 475. The highest BCUT2D eigenvalue weighted by atomic mass is 15.3. The third kappa shape index (κ3) is 2.95. The van der Waals surface area contributed by atoms with E-state index in [1.54, 1.807) is 0 Å². The highest BCUT2D eigenvalue weighted by molar-refractivity contribution is 5.80. The van der Waals surface area contributed by atoms with E-state index < -0.39 is 0 Å². The smallest absolute Gasteiger partial charge is 0.0564 e. The maximum atomic E-state index is 4.18. The van der Waals surface area contributed by atoms with Crippen LogP contribution in [0.25, 0.3) is 0 Å². The molecule has 2 aromatic rings. The van der Waals surface area contributed by atoms with E-state index >= 15 is 0 Å². The van der Waals surface area contributed by atoms with Crippen molar-refractivity contribution in [1.82, 2.24) is 0 Å². The van der Waals surface area contributed by atoms with E-state index in [4.69, 9.17) is 0 Å². The van der Waals surface area contributed by atoms with Crippen LogP contribution < -0.4 is 5.43 Å². The molecule has 0 bridgehead atoms. The summed E-state index contributed by atoms with van der Waals surface area (Å²) in [6.45, 7) is 2.06. The van der Waals surface area contributed by atoms with E-state index in [0.29, 0.717) is 0 Å². The molecule has 0 saturated heterocycles. The van der Waals surface area contributed by atoms with Crippen LogP contribution in [0.3, 0.4) is 0 Å². The lowest BCUT2D eigenvalue weighted by molar-refractivity contribution is 1.33. The first kappa shape index (κ1) is 10.4. The van der Waals surface area contributed by atoms with E-state index in [0.717, 1.165) is 11.3 Å². The van der Waals surface area contributed by atoms with Crippen LogP contribution in [-0.4, -0.2) is 6.21 Å². The molecular weight excluding hydrogens is 196 g/mol. The lowest BCUT2D eigenvalue weighted by Gasteiger charge is -2.00. The molecule has 0 saturated carbocycles. The summed E-state index contributed by atoms with van der Waals surface area (Å²) in [5.41, 5.74) is 6.32. The number of nitrogens with zero attached hydrogens (tertiary/aromatic N) is 1. The first-order valence-electron chi connectivity index (χ1n) is 5.25. The summed E-state index contributed by atoms with van der Waals surface area (Å²) in [6.07, 6.45) is 1.81. The molecule has 2 aromatic carbocycles. The zero-order chi connectivity index (χ0) is 11.2. The molecule has 0 heterocycles. The van der Waals surface area contributed by atoms with Crippen LogP contribution in [0.5, 0.6) is 0 Å². The number of benzene rings is 2. The van der Waals surface area contributed by atoms with E-state index in [9.17, 15) is 0 Å². The molecule has 0 amide bonds. The van der Waals surface area contributed by atoms with Gasteiger partial charge in [-0.1, -0.05) is 42.5 Å². The second kappa shape index (κ2) is 5.12. The molecule has 2 rings (SSSR count). The summed E-state index contributed by atoms with van der Waals surface area (Å²) in [7, 11) is 0. The van der Waals surface area contributed by atoms with E-state index in [-0.39, 0.29) is 0 Å². The van der Waals surface area contributed by atoms with Crippen molar-refractivity contribution in [2.24, 2.45) is 5.10 Å². The Hall–Kier alpha value is -2.09. The molecule has 0 aliphatic heterocycles. The minimum atomic E-state index is 1.01. The number of hydrogen-bond acceptors (Lipinski definition) is 2. The van der Waals surface area contributed by atoms with Gasteiger partial charge in [-0.15, -0.1) is 0 Å². The molecule has 0 aliphatic rings. The Kier molecular flexibility index (Phi) is 3.34. The van der Waals surface area contributed by atoms with Gasteiger partial charge in [-0.3, -0.25) is 5.43 Å². The summed E-state index contributed by atoms with van der Waals surface area (Å²) in [5.74, 6) is 0. The third-order valence-electron chi connectivity index (χ3n) is 2.22. The summed E-state index contributed by atoms with van der Waals surface area (Å²) in [6, 6.07) is 18.1. The van der Waals surface area contributed by atoms with Gasteiger partial charge in [0.15, 0.2) is 0 Å². The second-order valence-corrected chi connectivity index (χ2v) is 3.65. The Morgan fingerprint density at radius 1 is 1.00 bits per heavy atom. The molecule has 80 valence electrons. The standard InChI is InChI=1S/C14H14N2/c1-12-6-5-9-14(10-12)16-15-11-13-7-3-2-4-8-13/h2-11,16H,1H3. The molecule has 0 unspecified atom stereocenters. The number of hydrazone groups is 1. The van der Waals surface area contributed by atoms with Crippen LogP contribution in [0, 0.1) is 6.92 Å². The van der Waals surface area contributed by atoms with Gasteiger partial charge in [0.05, 0.1) is 11.9 Å². The van der Waals surface area contributed by atoms with Crippen molar-refractivity contribution in [3.63, 3.8) is 0 Å². The monoisotopic (exact) mass is 210 g/mol. The summed E-state index contributed by atoms with van der Waals surface area (Å²) in [5, 5.41) is 4.18. The number of aryl methyl sites for hydroxylation is 1. The van der Waals surface area contributed by atoms with E-state index in [2.05, 4.69) is 29.6 Å². The molecule has 0 fully saturated rings. The Balaban J connectivity index is 2.00. The number of anilines is 1. The van der Waals surface area contributed by atoms with Gasteiger partial charge in [-0.05, 0) is 30.2 Å². The summed E-state index contributed by atoms with van der Waals surface area (Å²) >= 11 is 0. The van der Waals surface area contributed by atoms with Crippen molar-refractivity contribution in [3.8, 4) is 0 Å². The van der Waals surface area contributed by atoms with E-state index in [1.165, 1.54) is 5.56 Å². The first-order chi connectivity index (χ1) is 7.84. The Morgan fingerprint density at radius 3 is 2.56 bits per heavy atom. The van der Waals surface area contributed by atoms with Crippen LogP contribution in [0.2, 0.25) is 0 Å². The highest BCUT2D eigenvalue weighted by Crippen LogP contribution is 2.09. The van der Waals surface area contributed by atoms with Crippen LogP contribution in [0.1, 0.15) is 11.1 Å². The van der Waals surface area contributed by atoms with Crippen LogP contribution in [0.15, 0.2) is 59.7 Å². The largest absolute Gasteiger partial charge is 0.278 e. The number of hydrogen-bond donors (Lipinski definition) is 1. The summed E-state index contributed by atoms with van der Waals surface area (Å²) in [4.78, 5) is 0. The predicted molar refractivity (Wildman–Crippen MR) is 68.8 cm³/mol. The minimum Gasteiger partial charge on any atom is -0.278 e. The van der Waals surface area contributed by atoms with Gasteiger partial charge in [0, 0.05) is 0 Å². The average Bonchev–Trinajstić information content (AvgIpc) is 2.30. The van der Waals surface area contributed by atoms with Crippen LogP contribution in [0.4, 0.5) is 5.69 Å². The van der Waals surface area contributed by atoms with Crippen molar-refractivity contribution >= 4 is 11.9 Å². The lowest BCUT2D eigenvalue weighted by Crippen LogP contribution is -1.90. The molecule has 16 heavy (non-hydrogen) atoms. The highest BCUT2D eigenvalue weighted by Gasteiger charge is 1.89. The average molecular weight is 210 g/mol. The number of rotatable bonds is 3. The Morgan fingerprint density at radius 2 is 1.81 bits per heavy atom. The van der Waals surface area contributed by atoms with Gasteiger partial charge < -0.3 is 0 Å². The number of nitrogens with one attached hydrogen (secondary N) is 1. The van der Waals surface area contributed by atoms with Gasteiger partial charge in [-0.25, -0.2) is 0 Å². The van der Waals surface area contributed by atoms with Crippen molar-refractivity contribution < 1.29 is 0 Å². The zero-order valence-electron chi connectivity index (χ0n) is 9.22. The van der Waals surface area contributed by atoms with Crippen LogP contribution >= 0.6 is 0 Å². The quantitative estimate of drug-likeness (QED) is 0.609. The van der Waals surface area contributed by atoms with Gasteiger partial charge >= 0.3 is 0 Å².